The molecule has 2 aromatic heterocycles. The maximum atomic E-state index is 12.7. The molecule has 0 bridgehead atoms. The first-order valence-corrected chi connectivity index (χ1v) is 11.1. The first kappa shape index (κ1) is 22.5. The molecule has 10 heteroatoms. The predicted molar refractivity (Wildman–Crippen MR) is 115 cm³/mol. The van der Waals surface area contributed by atoms with E-state index in [2.05, 4.69) is 15.2 Å². The molecule has 1 saturated carbocycles. The summed E-state index contributed by atoms with van der Waals surface area (Å²) in [5, 5.41) is 3.02. The molecular formula is C22H30N4O6. The average Bonchev–Trinajstić information content (AvgIpc) is 3.16. The van der Waals surface area contributed by atoms with Crippen LogP contribution >= 0.6 is 0 Å². The Bertz CT molecular complexity index is 1050. The molecule has 0 aromatic carbocycles. The Hall–Kier alpha value is -2.72. The highest BCUT2D eigenvalue weighted by atomic mass is 16.5. The second kappa shape index (κ2) is 9.41. The fraction of sp³-hybridized carbons (Fsp3) is 0.636. The number of aryl methyl sites for hydroxylation is 2. The van der Waals surface area contributed by atoms with Gasteiger partial charge in [0.25, 0.3) is 11.5 Å². The van der Waals surface area contributed by atoms with Gasteiger partial charge in [0.2, 0.25) is 5.71 Å². The van der Waals surface area contributed by atoms with Crippen LogP contribution in [0.15, 0.2) is 15.5 Å². The number of furan rings is 1. The van der Waals surface area contributed by atoms with E-state index in [0.29, 0.717) is 19.8 Å². The van der Waals surface area contributed by atoms with Crippen LogP contribution in [0.1, 0.15) is 48.2 Å². The summed E-state index contributed by atoms with van der Waals surface area (Å²) in [6.07, 6.45) is 6.87. The highest BCUT2D eigenvalue weighted by Gasteiger charge is 2.38. The molecule has 1 saturated heterocycles. The number of carbonyl (C=O) groups is 2. The minimum atomic E-state index is -0.776. The number of amides is 1. The second-order valence-electron chi connectivity index (χ2n) is 8.61. The molecule has 1 N–H and O–H groups in total. The van der Waals surface area contributed by atoms with Crippen LogP contribution in [-0.2, 0) is 21.3 Å². The van der Waals surface area contributed by atoms with Crippen LogP contribution < -0.4 is 10.9 Å². The molecule has 174 valence electrons. The van der Waals surface area contributed by atoms with Gasteiger partial charge in [-0.1, -0.05) is 19.3 Å². The monoisotopic (exact) mass is 446 g/mol. The first-order chi connectivity index (χ1) is 15.4. The molecule has 10 nitrogen and oxygen atoms in total. The summed E-state index contributed by atoms with van der Waals surface area (Å²) in [4.78, 5) is 44.1. The van der Waals surface area contributed by atoms with Gasteiger partial charge in [0.05, 0.1) is 13.2 Å². The molecule has 2 aromatic rings. The molecule has 0 spiro atoms. The number of morpholine rings is 1. The highest BCUT2D eigenvalue weighted by molar-refractivity contribution is 6.03. The molecule has 2 fully saturated rings. The minimum Gasteiger partial charge on any atom is -0.452 e. The molecule has 1 amide bonds. The Morgan fingerprint density at radius 3 is 2.66 bits per heavy atom. The fourth-order valence-electron chi connectivity index (χ4n) is 4.80. The van der Waals surface area contributed by atoms with Gasteiger partial charge in [-0.05, 0) is 19.8 Å². The van der Waals surface area contributed by atoms with Gasteiger partial charge < -0.3 is 23.8 Å². The molecule has 2 aliphatic rings. The van der Waals surface area contributed by atoms with Crippen molar-refractivity contribution in [2.75, 3.05) is 39.5 Å². The van der Waals surface area contributed by atoms with E-state index in [1.807, 2.05) is 0 Å². The van der Waals surface area contributed by atoms with E-state index < -0.39 is 18.1 Å². The van der Waals surface area contributed by atoms with Crippen LogP contribution in [0.3, 0.4) is 0 Å². The smallest absolute Gasteiger partial charge is 0.343 e. The SMILES string of the molecule is Cc1oc2ncn(C)c(=O)c2c1C(=O)OCC(=O)NCC1(N2CCOCC2)CCCCC1. The molecule has 3 heterocycles. The third kappa shape index (κ3) is 4.42. The summed E-state index contributed by atoms with van der Waals surface area (Å²) >= 11 is 0. The zero-order valence-electron chi connectivity index (χ0n) is 18.6. The van der Waals surface area contributed by atoms with Crippen LogP contribution in [0.4, 0.5) is 0 Å². The third-order valence-corrected chi connectivity index (χ3v) is 6.57. The second-order valence-corrected chi connectivity index (χ2v) is 8.61. The number of rotatable bonds is 6. The number of nitrogens with zero attached hydrogens (tertiary/aromatic N) is 3. The number of esters is 1. The number of hydrogen-bond donors (Lipinski definition) is 1. The number of fused-ring (bicyclic) bond motifs is 1. The van der Waals surface area contributed by atoms with E-state index >= 15 is 0 Å². The van der Waals surface area contributed by atoms with E-state index in [4.69, 9.17) is 13.9 Å². The highest BCUT2D eigenvalue weighted by Crippen LogP contribution is 2.33. The molecule has 0 unspecified atom stereocenters. The van der Waals surface area contributed by atoms with Crippen LogP contribution in [-0.4, -0.2) is 71.3 Å². The molecule has 0 radical (unpaired) electrons. The summed E-state index contributed by atoms with van der Waals surface area (Å²) in [5.74, 6) is -0.912. The molecule has 1 aliphatic carbocycles. The van der Waals surface area contributed by atoms with Crippen molar-refractivity contribution in [1.29, 1.82) is 0 Å². The number of carbonyl (C=O) groups excluding carboxylic acids is 2. The predicted octanol–water partition coefficient (Wildman–Crippen LogP) is 1.14. The van der Waals surface area contributed by atoms with Gasteiger partial charge in [0.1, 0.15) is 23.0 Å². The largest absolute Gasteiger partial charge is 0.452 e. The standard InChI is InChI=1S/C22H30N4O6/c1-15-17(18-19(32-15)24-14-25(2)20(18)28)21(29)31-12-16(27)23-13-22(6-4-3-5-7-22)26-8-10-30-11-9-26/h14H,3-13H2,1-2H3,(H,23,27). The van der Waals surface area contributed by atoms with E-state index in [9.17, 15) is 14.4 Å². The van der Waals surface area contributed by atoms with Gasteiger partial charge in [-0.3, -0.25) is 14.5 Å². The van der Waals surface area contributed by atoms with Crippen molar-refractivity contribution in [3.8, 4) is 0 Å². The minimum absolute atomic E-state index is 0.0126. The average molecular weight is 447 g/mol. The zero-order valence-corrected chi connectivity index (χ0v) is 18.6. The Labute approximate surface area is 185 Å². The Kier molecular flexibility index (Phi) is 6.61. The number of hydrogen-bond acceptors (Lipinski definition) is 8. The first-order valence-electron chi connectivity index (χ1n) is 11.1. The van der Waals surface area contributed by atoms with E-state index in [1.165, 1.54) is 24.4 Å². The summed E-state index contributed by atoms with van der Waals surface area (Å²) in [7, 11) is 1.54. The van der Waals surface area contributed by atoms with Crippen molar-refractivity contribution in [2.45, 2.75) is 44.6 Å². The van der Waals surface area contributed by atoms with Crippen molar-refractivity contribution >= 4 is 23.0 Å². The van der Waals surface area contributed by atoms with Crippen LogP contribution in [0.25, 0.3) is 11.1 Å². The topological polar surface area (TPSA) is 116 Å². The van der Waals surface area contributed by atoms with Gasteiger partial charge in [-0.15, -0.1) is 0 Å². The Morgan fingerprint density at radius 2 is 1.94 bits per heavy atom. The maximum absolute atomic E-state index is 12.7. The number of nitrogens with one attached hydrogen (secondary N) is 1. The lowest BCUT2D eigenvalue weighted by Gasteiger charge is -2.48. The third-order valence-electron chi connectivity index (χ3n) is 6.57. The number of ether oxygens (including phenoxy) is 2. The molecular weight excluding hydrogens is 416 g/mol. The summed E-state index contributed by atoms with van der Waals surface area (Å²) in [6.45, 7) is 4.79. The van der Waals surface area contributed by atoms with Crippen LogP contribution in [0.5, 0.6) is 0 Å². The summed E-state index contributed by atoms with van der Waals surface area (Å²) < 4.78 is 17.4. The van der Waals surface area contributed by atoms with Crippen LogP contribution in [0.2, 0.25) is 0 Å². The summed E-state index contributed by atoms with van der Waals surface area (Å²) in [5.41, 5.74) is -0.393. The van der Waals surface area contributed by atoms with Gasteiger partial charge in [0.15, 0.2) is 6.61 Å². The number of aromatic nitrogens is 2. The van der Waals surface area contributed by atoms with E-state index in [1.54, 1.807) is 6.92 Å². The lowest BCUT2D eigenvalue weighted by Crippen LogP contribution is -2.59. The van der Waals surface area contributed by atoms with E-state index in [-0.39, 0.29) is 33.9 Å². The Balaban J connectivity index is 1.39. The summed E-state index contributed by atoms with van der Waals surface area (Å²) in [6, 6.07) is 0. The van der Waals surface area contributed by atoms with Gasteiger partial charge >= 0.3 is 5.97 Å². The van der Waals surface area contributed by atoms with Crippen LogP contribution in [0, 0.1) is 6.92 Å². The van der Waals surface area contributed by atoms with Crippen molar-refractivity contribution in [3.63, 3.8) is 0 Å². The van der Waals surface area contributed by atoms with Gasteiger partial charge in [-0.25, -0.2) is 9.78 Å². The van der Waals surface area contributed by atoms with Crippen molar-refractivity contribution in [1.82, 2.24) is 19.8 Å². The Morgan fingerprint density at radius 1 is 1.22 bits per heavy atom. The lowest BCUT2D eigenvalue weighted by atomic mass is 9.79. The van der Waals surface area contributed by atoms with Crippen molar-refractivity contribution in [3.05, 3.63) is 28.0 Å². The van der Waals surface area contributed by atoms with Gasteiger partial charge in [0, 0.05) is 32.2 Å². The van der Waals surface area contributed by atoms with Gasteiger partial charge in [-0.2, -0.15) is 0 Å². The molecule has 4 rings (SSSR count). The maximum Gasteiger partial charge on any atom is 0.343 e. The molecule has 32 heavy (non-hydrogen) atoms. The quantitative estimate of drug-likeness (QED) is 0.657. The molecule has 1 aliphatic heterocycles. The fourth-order valence-corrected chi connectivity index (χ4v) is 4.80. The zero-order chi connectivity index (χ0) is 22.7. The van der Waals surface area contributed by atoms with Crippen molar-refractivity contribution < 1.29 is 23.5 Å². The van der Waals surface area contributed by atoms with E-state index in [0.717, 1.165) is 38.8 Å². The normalized spacial score (nSPS) is 19.1. The van der Waals surface area contributed by atoms with Crippen molar-refractivity contribution in [2.24, 2.45) is 7.05 Å². The molecule has 0 atom stereocenters. The lowest BCUT2D eigenvalue weighted by molar-refractivity contribution is -0.125.